The van der Waals surface area contributed by atoms with Crippen LogP contribution in [0.5, 0.6) is 17.2 Å². The van der Waals surface area contributed by atoms with Gasteiger partial charge in [0.15, 0.2) is 11.5 Å². The minimum atomic E-state index is -5.08. The predicted octanol–water partition coefficient (Wildman–Crippen LogP) is 7.72. The van der Waals surface area contributed by atoms with Crippen molar-refractivity contribution in [3.63, 3.8) is 0 Å². The topological polar surface area (TPSA) is 133 Å². The van der Waals surface area contributed by atoms with Gasteiger partial charge in [0, 0.05) is 33.8 Å². The van der Waals surface area contributed by atoms with Crippen molar-refractivity contribution >= 4 is 40.2 Å². The molecule has 0 bridgehead atoms. The van der Waals surface area contributed by atoms with E-state index < -0.39 is 18.2 Å². The molecule has 0 saturated heterocycles. The number of nitrogens with two attached hydrogens (primary N) is 1. The first-order valence-electron chi connectivity index (χ1n) is 15.4. The largest absolute Gasteiger partial charge is 0.490 e. The maximum atomic E-state index is 13.8. The lowest BCUT2D eigenvalue weighted by atomic mass is 10.00. The first-order valence-corrected chi connectivity index (χ1v) is 16.3. The molecule has 256 valence electrons. The fraction of sp³-hybridized carbons (Fsp3) is 0.343. The maximum Gasteiger partial charge on any atom is 0.490 e. The van der Waals surface area contributed by atoms with Gasteiger partial charge in [0.05, 0.1) is 12.7 Å². The normalized spacial score (nSPS) is 13.6. The SMILES string of the molecule is CCOc1cc(C(Oc2ccc3c(N)nccc3c2)C(=O)NCc2ccccc2SC2CCC2)ccc1OC(C)C.O=C(O)C(F)(F)F. The summed E-state index contributed by atoms with van der Waals surface area (Å²) in [6.45, 7) is 6.71. The van der Waals surface area contributed by atoms with Crippen molar-refractivity contribution in [1.82, 2.24) is 10.3 Å². The molecule has 1 aliphatic carbocycles. The van der Waals surface area contributed by atoms with Crippen LogP contribution >= 0.6 is 11.8 Å². The number of carbonyl (C=O) groups is 2. The molecule has 1 aromatic heterocycles. The van der Waals surface area contributed by atoms with Gasteiger partial charge >= 0.3 is 12.1 Å². The number of fused-ring (bicyclic) bond motifs is 1. The summed E-state index contributed by atoms with van der Waals surface area (Å²) in [5.74, 6) is -0.816. The Morgan fingerprint density at radius 3 is 2.42 bits per heavy atom. The van der Waals surface area contributed by atoms with Crippen molar-refractivity contribution in [1.29, 1.82) is 0 Å². The first-order chi connectivity index (χ1) is 22.8. The predicted molar refractivity (Wildman–Crippen MR) is 178 cm³/mol. The van der Waals surface area contributed by atoms with E-state index >= 15 is 0 Å². The molecular formula is C35H38F3N3O6S. The molecule has 4 N–H and O–H groups in total. The van der Waals surface area contributed by atoms with Crippen LogP contribution in [-0.2, 0) is 16.1 Å². The number of carbonyl (C=O) groups excluding carboxylic acids is 1. The summed E-state index contributed by atoms with van der Waals surface area (Å²) in [6.07, 6.45) is -0.593. The number of nitrogens with one attached hydrogen (secondary N) is 1. The van der Waals surface area contributed by atoms with Gasteiger partial charge in [-0.3, -0.25) is 4.79 Å². The van der Waals surface area contributed by atoms with Crippen LogP contribution < -0.4 is 25.3 Å². The second-order valence-corrected chi connectivity index (χ2v) is 12.5. The third-order valence-electron chi connectivity index (χ3n) is 7.21. The molecule has 4 aromatic rings. The van der Waals surface area contributed by atoms with Crippen LogP contribution in [-0.4, -0.2) is 46.1 Å². The number of nitrogens with zero attached hydrogens (tertiary/aromatic N) is 1. The summed E-state index contributed by atoms with van der Waals surface area (Å²) in [7, 11) is 0. The molecular weight excluding hydrogens is 647 g/mol. The van der Waals surface area contributed by atoms with Crippen molar-refractivity contribution < 1.29 is 42.1 Å². The summed E-state index contributed by atoms with van der Waals surface area (Å²) in [6, 6.07) is 21.2. The number of aliphatic carboxylic acids is 1. The molecule has 5 rings (SSSR count). The van der Waals surface area contributed by atoms with Crippen LogP contribution in [0.4, 0.5) is 19.0 Å². The molecule has 1 aliphatic rings. The van der Waals surface area contributed by atoms with Gasteiger partial charge in [-0.15, -0.1) is 11.8 Å². The van der Waals surface area contributed by atoms with Crippen LogP contribution in [0.15, 0.2) is 77.8 Å². The second-order valence-electron chi connectivity index (χ2n) is 11.2. The zero-order valence-corrected chi connectivity index (χ0v) is 27.6. The fourth-order valence-corrected chi connectivity index (χ4v) is 6.05. The highest BCUT2D eigenvalue weighted by Crippen LogP contribution is 2.38. The number of alkyl halides is 3. The van der Waals surface area contributed by atoms with Gasteiger partial charge in [-0.1, -0.05) is 30.7 Å². The molecule has 48 heavy (non-hydrogen) atoms. The first kappa shape index (κ1) is 36.2. The molecule has 1 amide bonds. The molecule has 13 heteroatoms. The fourth-order valence-electron chi connectivity index (χ4n) is 4.68. The molecule has 1 unspecified atom stereocenters. The monoisotopic (exact) mass is 685 g/mol. The number of aromatic nitrogens is 1. The summed E-state index contributed by atoms with van der Waals surface area (Å²) in [4.78, 5) is 28.1. The number of nitrogen functional groups attached to an aromatic ring is 1. The van der Waals surface area contributed by atoms with Gasteiger partial charge in [-0.2, -0.15) is 13.2 Å². The molecule has 1 fully saturated rings. The number of anilines is 1. The van der Waals surface area contributed by atoms with Crippen LogP contribution in [0, 0.1) is 0 Å². The third kappa shape index (κ3) is 9.93. The number of rotatable bonds is 12. The number of hydrogen-bond acceptors (Lipinski definition) is 8. The number of halogens is 3. The van der Waals surface area contributed by atoms with E-state index in [4.69, 9.17) is 29.8 Å². The van der Waals surface area contributed by atoms with Gasteiger partial charge in [0.25, 0.3) is 5.91 Å². The average molecular weight is 686 g/mol. The van der Waals surface area contributed by atoms with Crippen LogP contribution in [0.1, 0.15) is 57.3 Å². The third-order valence-corrected chi connectivity index (χ3v) is 8.66. The van der Waals surface area contributed by atoms with E-state index in [1.54, 1.807) is 6.20 Å². The van der Waals surface area contributed by atoms with E-state index in [1.807, 2.05) is 81.1 Å². The molecule has 0 aliphatic heterocycles. The Balaban J connectivity index is 0.000000671. The summed E-state index contributed by atoms with van der Waals surface area (Å²) < 4.78 is 50.0. The number of amides is 1. The van der Waals surface area contributed by atoms with Gasteiger partial charge < -0.3 is 30.4 Å². The molecule has 1 heterocycles. The molecule has 1 saturated carbocycles. The zero-order chi connectivity index (χ0) is 34.8. The van der Waals surface area contributed by atoms with Crippen molar-refractivity contribution in [2.24, 2.45) is 0 Å². The maximum absolute atomic E-state index is 13.8. The molecule has 3 aromatic carbocycles. The number of ether oxygens (including phenoxy) is 3. The van der Waals surface area contributed by atoms with Crippen molar-refractivity contribution in [2.75, 3.05) is 12.3 Å². The number of benzene rings is 3. The number of carboxylic acids is 1. The minimum absolute atomic E-state index is 0.0206. The number of hydrogen-bond donors (Lipinski definition) is 3. The highest BCUT2D eigenvalue weighted by molar-refractivity contribution is 8.00. The average Bonchev–Trinajstić information content (AvgIpc) is 3.01. The van der Waals surface area contributed by atoms with Gasteiger partial charge in [-0.25, -0.2) is 9.78 Å². The Kier molecular flexibility index (Phi) is 12.4. The lowest BCUT2D eigenvalue weighted by Crippen LogP contribution is -2.32. The number of pyridine rings is 1. The molecule has 9 nitrogen and oxygen atoms in total. The molecule has 0 spiro atoms. The summed E-state index contributed by atoms with van der Waals surface area (Å²) >= 11 is 1.90. The van der Waals surface area contributed by atoms with Gasteiger partial charge in [-0.05, 0) is 87.0 Å². The van der Waals surface area contributed by atoms with E-state index in [9.17, 15) is 18.0 Å². The van der Waals surface area contributed by atoms with Crippen molar-refractivity contribution in [2.45, 2.75) is 75.1 Å². The van der Waals surface area contributed by atoms with E-state index in [0.717, 1.165) is 16.3 Å². The zero-order valence-electron chi connectivity index (χ0n) is 26.8. The quantitative estimate of drug-likeness (QED) is 0.137. The van der Waals surface area contributed by atoms with Crippen molar-refractivity contribution in [3.05, 3.63) is 84.1 Å². The lowest BCUT2D eigenvalue weighted by molar-refractivity contribution is -0.192. The minimum Gasteiger partial charge on any atom is -0.490 e. The highest BCUT2D eigenvalue weighted by atomic mass is 32.2. The van der Waals surface area contributed by atoms with Crippen LogP contribution in [0.3, 0.4) is 0 Å². The Labute approximate surface area is 281 Å². The molecule has 0 radical (unpaired) electrons. The number of carboxylic acid groups (broad SMARTS) is 1. The Morgan fingerprint density at radius 2 is 1.77 bits per heavy atom. The Morgan fingerprint density at radius 1 is 1.04 bits per heavy atom. The van der Waals surface area contributed by atoms with Crippen LogP contribution in [0.2, 0.25) is 0 Å². The van der Waals surface area contributed by atoms with Crippen molar-refractivity contribution in [3.8, 4) is 17.2 Å². The van der Waals surface area contributed by atoms with Crippen LogP contribution in [0.25, 0.3) is 10.8 Å². The van der Waals surface area contributed by atoms with Gasteiger partial charge in [0.1, 0.15) is 11.6 Å². The summed E-state index contributed by atoms with van der Waals surface area (Å²) in [5.41, 5.74) is 7.81. The highest BCUT2D eigenvalue weighted by Gasteiger charge is 2.38. The van der Waals surface area contributed by atoms with Gasteiger partial charge in [0.2, 0.25) is 6.10 Å². The Bertz CT molecular complexity index is 1720. The van der Waals surface area contributed by atoms with E-state index in [-0.39, 0.29) is 12.0 Å². The van der Waals surface area contributed by atoms with E-state index in [0.29, 0.717) is 47.0 Å². The Hall–Kier alpha value is -4.65. The summed E-state index contributed by atoms with van der Waals surface area (Å²) in [5, 5.41) is 12.6. The standard InChI is InChI=1S/C33H37N3O4S.C2HF3O2/c1-4-38-29-19-23(12-15-28(29)39-21(2)3)31(40-25-13-14-27-22(18-25)16-17-35-32(27)34)33(37)36-20-24-8-5-6-11-30(24)41-26-9-7-10-26;3-2(4,5)1(6)7/h5-6,8,11-19,21,26,31H,4,7,9-10,20H2,1-3H3,(H2,34,35)(H,36,37);(H,6,7). The second kappa shape index (κ2) is 16.4. The molecule has 1 atom stereocenters. The van der Waals surface area contributed by atoms with E-state index in [2.05, 4.69) is 28.5 Å². The lowest BCUT2D eigenvalue weighted by Gasteiger charge is -2.26. The number of thioether (sulfide) groups is 1. The smallest absolute Gasteiger partial charge is 0.490 e. The van der Waals surface area contributed by atoms with E-state index in [1.165, 1.54) is 24.2 Å².